The summed E-state index contributed by atoms with van der Waals surface area (Å²) in [6.07, 6.45) is 0. The lowest BCUT2D eigenvalue weighted by Gasteiger charge is -2.40. The molecule has 168 valence electrons. The van der Waals surface area contributed by atoms with Crippen LogP contribution in [0.3, 0.4) is 0 Å². The van der Waals surface area contributed by atoms with Gasteiger partial charge in [-0.15, -0.1) is 0 Å². The van der Waals surface area contributed by atoms with Gasteiger partial charge in [-0.3, -0.25) is 0 Å². The van der Waals surface area contributed by atoms with Crippen molar-refractivity contribution in [2.24, 2.45) is 5.41 Å². The maximum atomic E-state index is 11.7. The molecule has 3 rings (SSSR count). The normalized spacial score (nSPS) is 14.1. The van der Waals surface area contributed by atoms with Crippen molar-refractivity contribution in [1.29, 1.82) is 0 Å². The number of hydrogen-bond acceptors (Lipinski definition) is 7. The van der Waals surface area contributed by atoms with Crippen LogP contribution in [0.25, 0.3) is 11.1 Å². The van der Waals surface area contributed by atoms with Gasteiger partial charge in [-0.1, -0.05) is 25.3 Å². The van der Waals surface area contributed by atoms with Crippen molar-refractivity contribution in [3.8, 4) is 28.4 Å². The summed E-state index contributed by atoms with van der Waals surface area (Å²) in [6.45, 7) is 11.5. The highest BCUT2D eigenvalue weighted by molar-refractivity contribution is 5.89. The predicted octanol–water partition coefficient (Wildman–Crippen LogP) is 4.06. The number of phenolic OH excluding ortho intramolecular Hbond substituents is 1. The molecule has 1 aliphatic rings. The summed E-state index contributed by atoms with van der Waals surface area (Å²) in [5, 5.41) is 10.2. The van der Waals surface area contributed by atoms with E-state index in [0.717, 1.165) is 11.1 Å². The fourth-order valence-corrected chi connectivity index (χ4v) is 2.92. The van der Waals surface area contributed by atoms with Gasteiger partial charge in [-0.25, -0.2) is 9.59 Å². The van der Waals surface area contributed by atoms with Crippen LogP contribution in [0.5, 0.6) is 17.2 Å². The van der Waals surface area contributed by atoms with E-state index in [4.69, 9.17) is 18.9 Å². The summed E-state index contributed by atoms with van der Waals surface area (Å²) in [5.41, 5.74) is 1.74. The number of benzene rings is 2. The molecule has 7 heteroatoms. The summed E-state index contributed by atoms with van der Waals surface area (Å²) in [5.74, 6) is -0.0327. The first kappa shape index (κ1) is 23.1. The average molecular weight is 438 g/mol. The Morgan fingerprint density at radius 1 is 0.938 bits per heavy atom. The number of hydrogen-bond donors (Lipinski definition) is 1. The summed E-state index contributed by atoms with van der Waals surface area (Å²) in [6, 6.07) is 11.8. The van der Waals surface area contributed by atoms with Crippen LogP contribution in [0.15, 0.2) is 66.8 Å². The van der Waals surface area contributed by atoms with E-state index in [1.54, 1.807) is 50.2 Å². The highest BCUT2D eigenvalue weighted by Crippen LogP contribution is 2.33. The van der Waals surface area contributed by atoms with Crippen LogP contribution in [0.4, 0.5) is 0 Å². The lowest BCUT2D eigenvalue weighted by molar-refractivity contribution is -0.174. The van der Waals surface area contributed by atoms with Crippen molar-refractivity contribution >= 4 is 11.9 Å². The average Bonchev–Trinajstić information content (AvgIpc) is 2.72. The number of aromatic hydroxyl groups is 1. The number of phenols is 1. The Labute approximate surface area is 186 Å². The van der Waals surface area contributed by atoms with Gasteiger partial charge in [0, 0.05) is 17.2 Å². The van der Waals surface area contributed by atoms with Crippen LogP contribution < -0.4 is 9.47 Å². The molecule has 1 saturated heterocycles. The van der Waals surface area contributed by atoms with Crippen molar-refractivity contribution in [3.05, 3.63) is 66.8 Å². The maximum absolute atomic E-state index is 11.7. The van der Waals surface area contributed by atoms with E-state index in [1.165, 1.54) is 6.07 Å². The molecule has 0 unspecified atom stereocenters. The van der Waals surface area contributed by atoms with Gasteiger partial charge >= 0.3 is 11.9 Å². The number of carbonyl (C=O) groups is 2. The summed E-state index contributed by atoms with van der Waals surface area (Å²) < 4.78 is 21.7. The first-order valence-corrected chi connectivity index (χ1v) is 10.0. The van der Waals surface area contributed by atoms with Crippen LogP contribution in [0.2, 0.25) is 0 Å². The SMILES string of the molecule is C=C(C)C(=O)OCC1(COc2cc(O)cc(-c3ccc(OC(=O)C(=C)C)cc3)c2)COC1. The second-order valence-electron chi connectivity index (χ2n) is 8.05. The standard InChI is InChI=1S/C25H26O7/c1-16(2)23(27)31-15-25(12-29-13-25)14-30-22-10-19(9-20(26)11-22)18-5-7-21(8-6-18)32-24(28)17(3)4/h5-11,26H,1,3,12-15H2,2,4H3. The number of ether oxygens (including phenoxy) is 4. The van der Waals surface area contributed by atoms with Crippen LogP contribution in [-0.2, 0) is 19.1 Å². The van der Waals surface area contributed by atoms with E-state index in [0.29, 0.717) is 35.9 Å². The fourth-order valence-electron chi connectivity index (χ4n) is 2.92. The monoisotopic (exact) mass is 438 g/mol. The van der Waals surface area contributed by atoms with Crippen molar-refractivity contribution in [2.75, 3.05) is 26.4 Å². The Balaban J connectivity index is 1.68. The van der Waals surface area contributed by atoms with Gasteiger partial charge < -0.3 is 24.1 Å². The fraction of sp³-hybridized carbons (Fsp3) is 0.280. The lowest BCUT2D eigenvalue weighted by Crippen LogP contribution is -2.51. The molecule has 7 nitrogen and oxygen atoms in total. The Bertz CT molecular complexity index is 1030. The summed E-state index contributed by atoms with van der Waals surface area (Å²) in [4.78, 5) is 23.3. The van der Waals surface area contributed by atoms with E-state index in [9.17, 15) is 14.7 Å². The van der Waals surface area contributed by atoms with E-state index in [-0.39, 0.29) is 19.0 Å². The third-order valence-electron chi connectivity index (χ3n) is 4.86. The molecule has 1 aliphatic heterocycles. The number of carbonyl (C=O) groups excluding carboxylic acids is 2. The van der Waals surface area contributed by atoms with Crippen molar-refractivity contribution < 1.29 is 33.6 Å². The highest BCUT2D eigenvalue weighted by Gasteiger charge is 2.41. The molecule has 0 aliphatic carbocycles. The number of rotatable bonds is 9. The Kier molecular flexibility index (Phi) is 7.00. The zero-order valence-corrected chi connectivity index (χ0v) is 18.2. The largest absolute Gasteiger partial charge is 0.508 e. The van der Waals surface area contributed by atoms with Gasteiger partial charge in [0.1, 0.15) is 30.5 Å². The Morgan fingerprint density at radius 3 is 2.16 bits per heavy atom. The number of esters is 2. The second kappa shape index (κ2) is 9.70. The zero-order chi connectivity index (χ0) is 23.3. The molecule has 0 spiro atoms. The predicted molar refractivity (Wildman–Crippen MR) is 119 cm³/mol. The van der Waals surface area contributed by atoms with Gasteiger partial charge in [-0.05, 0) is 49.2 Å². The minimum Gasteiger partial charge on any atom is -0.508 e. The molecule has 0 atom stereocenters. The molecule has 1 heterocycles. The molecular weight excluding hydrogens is 412 g/mol. The van der Waals surface area contributed by atoms with Gasteiger partial charge in [0.25, 0.3) is 0 Å². The molecule has 0 bridgehead atoms. The Hall–Kier alpha value is -3.58. The molecular formula is C25H26O7. The molecule has 2 aromatic carbocycles. The van der Waals surface area contributed by atoms with Crippen LogP contribution in [-0.4, -0.2) is 43.5 Å². The van der Waals surface area contributed by atoms with Gasteiger partial charge in [-0.2, -0.15) is 0 Å². The molecule has 0 amide bonds. The van der Waals surface area contributed by atoms with Crippen molar-refractivity contribution in [2.45, 2.75) is 13.8 Å². The van der Waals surface area contributed by atoms with Crippen LogP contribution >= 0.6 is 0 Å². The third-order valence-corrected chi connectivity index (χ3v) is 4.86. The summed E-state index contributed by atoms with van der Waals surface area (Å²) in [7, 11) is 0. The minimum atomic E-state index is -0.492. The smallest absolute Gasteiger partial charge is 0.338 e. The van der Waals surface area contributed by atoms with E-state index in [2.05, 4.69) is 13.2 Å². The molecule has 32 heavy (non-hydrogen) atoms. The minimum absolute atomic E-state index is 0.0444. The highest BCUT2D eigenvalue weighted by atomic mass is 16.6. The maximum Gasteiger partial charge on any atom is 0.338 e. The van der Waals surface area contributed by atoms with Gasteiger partial charge in [0.2, 0.25) is 0 Å². The van der Waals surface area contributed by atoms with Gasteiger partial charge in [0.15, 0.2) is 0 Å². The van der Waals surface area contributed by atoms with Crippen LogP contribution in [0.1, 0.15) is 13.8 Å². The van der Waals surface area contributed by atoms with Crippen molar-refractivity contribution in [1.82, 2.24) is 0 Å². The third kappa shape index (κ3) is 5.76. The molecule has 0 aromatic heterocycles. The van der Waals surface area contributed by atoms with Crippen molar-refractivity contribution in [3.63, 3.8) is 0 Å². The van der Waals surface area contributed by atoms with Gasteiger partial charge in [0.05, 0.1) is 18.6 Å². The topological polar surface area (TPSA) is 91.3 Å². The van der Waals surface area contributed by atoms with E-state index >= 15 is 0 Å². The lowest BCUT2D eigenvalue weighted by atomic mass is 9.88. The molecule has 0 saturated carbocycles. The first-order chi connectivity index (χ1) is 15.2. The Morgan fingerprint density at radius 2 is 1.59 bits per heavy atom. The molecule has 1 fully saturated rings. The van der Waals surface area contributed by atoms with E-state index < -0.39 is 17.4 Å². The zero-order valence-electron chi connectivity index (χ0n) is 18.2. The first-order valence-electron chi connectivity index (χ1n) is 10.0. The quantitative estimate of drug-likeness (QED) is 0.359. The molecule has 0 radical (unpaired) electrons. The summed E-state index contributed by atoms with van der Waals surface area (Å²) >= 11 is 0. The molecule has 1 N–H and O–H groups in total. The van der Waals surface area contributed by atoms with Crippen LogP contribution in [0, 0.1) is 5.41 Å². The second-order valence-corrected chi connectivity index (χ2v) is 8.05. The van der Waals surface area contributed by atoms with E-state index in [1.807, 2.05) is 0 Å². The molecule has 2 aromatic rings.